The second-order valence-corrected chi connectivity index (χ2v) is 5.63. The molecule has 0 saturated heterocycles. The second-order valence-electron chi connectivity index (χ2n) is 5.63. The summed E-state index contributed by atoms with van der Waals surface area (Å²) in [4.78, 5) is 2.11. The predicted octanol–water partition coefficient (Wildman–Crippen LogP) is 3.48. The van der Waals surface area contributed by atoms with Crippen molar-refractivity contribution in [3.63, 3.8) is 0 Å². The lowest BCUT2D eigenvalue weighted by atomic mass is 9.97. The van der Waals surface area contributed by atoms with Crippen LogP contribution >= 0.6 is 0 Å². The van der Waals surface area contributed by atoms with Crippen LogP contribution in [0.1, 0.15) is 17.2 Å². The molecule has 1 aliphatic heterocycles. The summed E-state index contributed by atoms with van der Waals surface area (Å²) in [7, 11) is 4.11. The molecule has 0 saturated carbocycles. The van der Waals surface area contributed by atoms with Crippen molar-refractivity contribution in [1.82, 2.24) is 0 Å². The van der Waals surface area contributed by atoms with Crippen LogP contribution in [0, 0.1) is 0 Å². The first-order valence-corrected chi connectivity index (χ1v) is 7.45. The van der Waals surface area contributed by atoms with Crippen molar-refractivity contribution in [3.8, 4) is 0 Å². The first kappa shape index (κ1) is 14.0. The minimum atomic E-state index is 0.137. The van der Waals surface area contributed by atoms with E-state index in [1.165, 1.54) is 16.8 Å². The van der Waals surface area contributed by atoms with E-state index in [1.807, 2.05) is 0 Å². The molecule has 3 heteroatoms. The Balaban J connectivity index is 1.70. The van der Waals surface area contributed by atoms with E-state index in [4.69, 9.17) is 4.74 Å². The van der Waals surface area contributed by atoms with Gasteiger partial charge in [0.25, 0.3) is 0 Å². The van der Waals surface area contributed by atoms with E-state index >= 15 is 0 Å². The number of benzene rings is 2. The van der Waals surface area contributed by atoms with Crippen LogP contribution in [0.2, 0.25) is 0 Å². The van der Waals surface area contributed by atoms with Crippen LogP contribution in [0.5, 0.6) is 0 Å². The van der Waals surface area contributed by atoms with Gasteiger partial charge in [-0.25, -0.2) is 0 Å². The molecule has 2 aromatic carbocycles. The lowest BCUT2D eigenvalue weighted by molar-refractivity contribution is 0.0513. The molecule has 0 spiro atoms. The summed E-state index contributed by atoms with van der Waals surface area (Å²) in [6, 6.07) is 17.0. The van der Waals surface area contributed by atoms with Crippen LogP contribution in [0.25, 0.3) is 0 Å². The minimum absolute atomic E-state index is 0.137. The van der Waals surface area contributed by atoms with Gasteiger partial charge >= 0.3 is 0 Å². The van der Waals surface area contributed by atoms with E-state index < -0.39 is 0 Å². The summed E-state index contributed by atoms with van der Waals surface area (Å²) in [5.74, 6) is 0. The van der Waals surface area contributed by atoms with Crippen molar-refractivity contribution >= 4 is 11.4 Å². The molecule has 0 bridgehead atoms. The van der Waals surface area contributed by atoms with Gasteiger partial charge in [0.05, 0.1) is 12.7 Å². The average Bonchev–Trinajstić information content (AvgIpc) is 2.53. The fraction of sp³-hybridized carbons (Fsp3) is 0.333. The zero-order valence-corrected chi connectivity index (χ0v) is 12.7. The highest BCUT2D eigenvalue weighted by Crippen LogP contribution is 2.27. The topological polar surface area (TPSA) is 24.5 Å². The minimum Gasteiger partial charge on any atom is -0.382 e. The van der Waals surface area contributed by atoms with E-state index in [9.17, 15) is 0 Å². The third-order valence-electron chi connectivity index (χ3n) is 3.95. The van der Waals surface area contributed by atoms with Crippen molar-refractivity contribution in [2.45, 2.75) is 12.5 Å². The van der Waals surface area contributed by atoms with Gasteiger partial charge in [0.1, 0.15) is 0 Å². The maximum Gasteiger partial charge on any atom is 0.0999 e. The van der Waals surface area contributed by atoms with Gasteiger partial charge < -0.3 is 15.0 Å². The van der Waals surface area contributed by atoms with Crippen molar-refractivity contribution in [1.29, 1.82) is 0 Å². The highest BCUT2D eigenvalue weighted by atomic mass is 16.5. The molecular weight excluding hydrogens is 260 g/mol. The van der Waals surface area contributed by atoms with E-state index in [1.54, 1.807) is 0 Å². The molecule has 0 radical (unpaired) electrons. The standard InChI is InChI=1S/C18H22N2O/c1-20(2)16-8-5-7-15(12-16)19-13-18-17-9-4-3-6-14(17)10-11-21-18/h3-9,12,18-19H,10-11,13H2,1-2H3. The lowest BCUT2D eigenvalue weighted by Crippen LogP contribution is -2.22. The predicted molar refractivity (Wildman–Crippen MR) is 88.1 cm³/mol. The molecular formula is C18H22N2O. The molecule has 110 valence electrons. The number of hydrogen-bond acceptors (Lipinski definition) is 3. The molecule has 0 aliphatic carbocycles. The van der Waals surface area contributed by atoms with Crippen molar-refractivity contribution < 1.29 is 4.74 Å². The number of nitrogens with one attached hydrogen (secondary N) is 1. The van der Waals surface area contributed by atoms with Gasteiger partial charge in [0.2, 0.25) is 0 Å². The Morgan fingerprint density at radius 2 is 2.00 bits per heavy atom. The van der Waals surface area contributed by atoms with E-state index in [-0.39, 0.29) is 6.10 Å². The number of rotatable bonds is 4. The van der Waals surface area contributed by atoms with E-state index in [0.717, 1.165) is 25.3 Å². The Bertz CT molecular complexity index is 610. The SMILES string of the molecule is CN(C)c1cccc(NCC2OCCc3ccccc32)c1. The smallest absolute Gasteiger partial charge is 0.0999 e. The molecule has 3 nitrogen and oxygen atoms in total. The Labute approximate surface area is 126 Å². The Kier molecular flexibility index (Phi) is 4.11. The van der Waals surface area contributed by atoms with Crippen LogP contribution in [-0.4, -0.2) is 27.2 Å². The summed E-state index contributed by atoms with van der Waals surface area (Å²) >= 11 is 0. The van der Waals surface area contributed by atoms with Crippen molar-refractivity contribution in [2.24, 2.45) is 0 Å². The van der Waals surface area contributed by atoms with Crippen LogP contribution in [0.3, 0.4) is 0 Å². The largest absolute Gasteiger partial charge is 0.382 e. The Morgan fingerprint density at radius 3 is 2.86 bits per heavy atom. The summed E-state index contributed by atoms with van der Waals surface area (Å²) in [5, 5.41) is 3.50. The highest BCUT2D eigenvalue weighted by Gasteiger charge is 2.19. The van der Waals surface area contributed by atoms with Crippen molar-refractivity contribution in [3.05, 3.63) is 59.7 Å². The maximum atomic E-state index is 5.93. The van der Waals surface area contributed by atoms with Gasteiger partial charge in [-0.15, -0.1) is 0 Å². The van der Waals surface area contributed by atoms with Gasteiger partial charge in [-0.3, -0.25) is 0 Å². The first-order valence-electron chi connectivity index (χ1n) is 7.45. The van der Waals surface area contributed by atoms with Crippen LogP contribution in [0.15, 0.2) is 48.5 Å². The first-order chi connectivity index (χ1) is 10.2. The maximum absolute atomic E-state index is 5.93. The third kappa shape index (κ3) is 3.19. The van der Waals surface area contributed by atoms with E-state index in [0.29, 0.717) is 0 Å². The zero-order chi connectivity index (χ0) is 14.7. The monoisotopic (exact) mass is 282 g/mol. The van der Waals surface area contributed by atoms with Gasteiger partial charge in [-0.05, 0) is 35.7 Å². The van der Waals surface area contributed by atoms with Gasteiger partial charge in [-0.2, -0.15) is 0 Å². The summed E-state index contributed by atoms with van der Waals surface area (Å²) in [6.45, 7) is 1.61. The molecule has 1 aliphatic rings. The van der Waals surface area contributed by atoms with Gasteiger partial charge in [0, 0.05) is 32.0 Å². The molecule has 1 heterocycles. The number of nitrogens with zero attached hydrogens (tertiary/aromatic N) is 1. The summed E-state index contributed by atoms with van der Waals surface area (Å²) < 4.78 is 5.93. The summed E-state index contributed by atoms with van der Waals surface area (Å²) in [6.07, 6.45) is 1.15. The van der Waals surface area contributed by atoms with Crippen LogP contribution < -0.4 is 10.2 Å². The fourth-order valence-corrected chi connectivity index (χ4v) is 2.75. The van der Waals surface area contributed by atoms with Crippen molar-refractivity contribution in [2.75, 3.05) is 37.5 Å². The lowest BCUT2D eigenvalue weighted by Gasteiger charge is -2.26. The third-order valence-corrected chi connectivity index (χ3v) is 3.95. The van der Waals surface area contributed by atoms with Gasteiger partial charge in [-0.1, -0.05) is 30.3 Å². The number of ether oxygens (including phenoxy) is 1. The molecule has 2 aromatic rings. The second kappa shape index (κ2) is 6.19. The molecule has 0 amide bonds. The molecule has 3 rings (SSSR count). The fourth-order valence-electron chi connectivity index (χ4n) is 2.75. The molecule has 0 fully saturated rings. The zero-order valence-electron chi connectivity index (χ0n) is 12.7. The van der Waals surface area contributed by atoms with E-state index in [2.05, 4.69) is 72.8 Å². The molecule has 1 unspecified atom stereocenters. The average molecular weight is 282 g/mol. The molecule has 1 N–H and O–H groups in total. The summed E-state index contributed by atoms with van der Waals surface area (Å²) in [5.41, 5.74) is 5.07. The van der Waals surface area contributed by atoms with Crippen LogP contribution in [-0.2, 0) is 11.2 Å². The number of fused-ring (bicyclic) bond motifs is 1. The molecule has 0 aromatic heterocycles. The Hall–Kier alpha value is -2.00. The quantitative estimate of drug-likeness (QED) is 0.929. The van der Waals surface area contributed by atoms with Gasteiger partial charge in [0.15, 0.2) is 0 Å². The normalized spacial score (nSPS) is 17.1. The molecule has 21 heavy (non-hydrogen) atoms. The Morgan fingerprint density at radius 1 is 1.14 bits per heavy atom. The molecule has 1 atom stereocenters. The van der Waals surface area contributed by atoms with Crippen LogP contribution in [0.4, 0.5) is 11.4 Å². The number of hydrogen-bond donors (Lipinski definition) is 1. The number of anilines is 2. The highest BCUT2D eigenvalue weighted by molar-refractivity contribution is 5.57.